The van der Waals surface area contributed by atoms with Gasteiger partial charge in [-0.3, -0.25) is 4.98 Å². The number of benzene rings is 1. The van der Waals surface area contributed by atoms with Gasteiger partial charge < -0.3 is 0 Å². The average molecular weight is 354 g/mol. The third kappa shape index (κ3) is 4.37. The minimum absolute atomic E-state index is 0.0634. The van der Waals surface area contributed by atoms with Crippen molar-refractivity contribution in [3.05, 3.63) is 54.4 Å². The number of likely N-dealkylation sites (N-methyl/N-ethyl adjacent to an activating group) is 1. The predicted octanol–water partition coefficient (Wildman–Crippen LogP) is 1.35. The van der Waals surface area contributed by atoms with Crippen molar-refractivity contribution < 1.29 is 16.8 Å². The van der Waals surface area contributed by atoms with E-state index in [1.165, 1.54) is 35.6 Å². The fraction of sp³-hybridized carbons (Fsp3) is 0.267. The standard InChI is InChI=1S/C15H18N2O4S2/c1-17(12-10-13-5-3-4-11-16-13)23(20,21)15-8-6-14(7-9-15)22(2,18)19/h3-9,11H,10,12H2,1-2H3. The van der Waals surface area contributed by atoms with Crippen LogP contribution in [0.15, 0.2) is 58.5 Å². The van der Waals surface area contributed by atoms with Crippen LogP contribution < -0.4 is 0 Å². The van der Waals surface area contributed by atoms with Crippen molar-refractivity contribution in [2.24, 2.45) is 0 Å². The second kappa shape index (κ2) is 6.77. The lowest BCUT2D eigenvalue weighted by atomic mass is 10.3. The first kappa shape index (κ1) is 17.6. The number of aromatic nitrogens is 1. The summed E-state index contributed by atoms with van der Waals surface area (Å²) in [5.74, 6) is 0. The lowest BCUT2D eigenvalue weighted by Crippen LogP contribution is -2.29. The van der Waals surface area contributed by atoms with Crippen molar-refractivity contribution in [3.8, 4) is 0 Å². The molecule has 124 valence electrons. The van der Waals surface area contributed by atoms with E-state index in [0.717, 1.165) is 11.9 Å². The Balaban J connectivity index is 2.14. The zero-order chi connectivity index (χ0) is 17.1. The number of sulfone groups is 1. The molecule has 0 aliphatic carbocycles. The van der Waals surface area contributed by atoms with E-state index in [1.54, 1.807) is 12.3 Å². The number of hydrogen-bond donors (Lipinski definition) is 0. The van der Waals surface area contributed by atoms with Gasteiger partial charge in [0.25, 0.3) is 0 Å². The van der Waals surface area contributed by atoms with Gasteiger partial charge in [0, 0.05) is 38.2 Å². The maximum Gasteiger partial charge on any atom is 0.242 e. The van der Waals surface area contributed by atoms with Crippen LogP contribution in [0.25, 0.3) is 0 Å². The Morgan fingerprint density at radius 1 is 0.957 bits per heavy atom. The SMILES string of the molecule is CN(CCc1ccccn1)S(=O)(=O)c1ccc(S(C)(=O)=O)cc1. The molecule has 0 saturated heterocycles. The highest BCUT2D eigenvalue weighted by Crippen LogP contribution is 2.17. The number of rotatable bonds is 6. The molecule has 0 amide bonds. The van der Waals surface area contributed by atoms with E-state index in [0.29, 0.717) is 6.42 Å². The molecule has 1 aromatic carbocycles. The Bertz CT molecular complexity index is 861. The summed E-state index contributed by atoms with van der Waals surface area (Å²) in [6.45, 7) is 0.285. The van der Waals surface area contributed by atoms with E-state index in [2.05, 4.69) is 4.98 Å². The summed E-state index contributed by atoms with van der Waals surface area (Å²) in [5.41, 5.74) is 0.807. The van der Waals surface area contributed by atoms with Crippen LogP contribution in [0.4, 0.5) is 0 Å². The topological polar surface area (TPSA) is 84.4 Å². The highest BCUT2D eigenvalue weighted by atomic mass is 32.2. The summed E-state index contributed by atoms with van der Waals surface area (Å²) >= 11 is 0. The largest absolute Gasteiger partial charge is 0.261 e. The molecule has 8 heteroatoms. The molecule has 0 bridgehead atoms. The van der Waals surface area contributed by atoms with Crippen molar-refractivity contribution in [2.75, 3.05) is 19.8 Å². The molecule has 0 unspecified atom stereocenters. The quantitative estimate of drug-likeness (QED) is 0.782. The summed E-state index contributed by atoms with van der Waals surface area (Å²) in [5, 5.41) is 0. The molecule has 0 aliphatic rings. The summed E-state index contributed by atoms with van der Waals surface area (Å²) in [7, 11) is -5.52. The molecular weight excluding hydrogens is 336 g/mol. The molecule has 6 nitrogen and oxygen atoms in total. The average Bonchev–Trinajstić information content (AvgIpc) is 2.52. The van der Waals surface area contributed by atoms with Crippen molar-refractivity contribution in [1.82, 2.24) is 9.29 Å². The Kier molecular flexibility index (Phi) is 5.18. The number of sulfonamides is 1. The van der Waals surface area contributed by atoms with Crippen molar-refractivity contribution in [3.63, 3.8) is 0 Å². The summed E-state index contributed by atoms with van der Waals surface area (Å²) in [6.07, 6.45) is 3.24. The fourth-order valence-corrected chi connectivity index (χ4v) is 3.78. The lowest BCUT2D eigenvalue weighted by Gasteiger charge is -2.17. The zero-order valence-electron chi connectivity index (χ0n) is 12.9. The highest BCUT2D eigenvalue weighted by molar-refractivity contribution is 7.90. The van der Waals surface area contributed by atoms with Crippen molar-refractivity contribution >= 4 is 19.9 Å². The van der Waals surface area contributed by atoms with Gasteiger partial charge in [-0.1, -0.05) is 6.07 Å². The second-order valence-corrected chi connectivity index (χ2v) is 9.20. The molecular formula is C15H18N2O4S2. The summed E-state index contributed by atoms with van der Waals surface area (Å²) in [4.78, 5) is 4.31. The monoisotopic (exact) mass is 354 g/mol. The molecule has 0 saturated carbocycles. The minimum atomic E-state index is -3.66. The summed E-state index contributed by atoms with van der Waals surface area (Å²) in [6, 6.07) is 10.7. The van der Waals surface area contributed by atoms with E-state index in [1.807, 2.05) is 12.1 Å². The third-order valence-corrected chi connectivity index (χ3v) is 6.37. The van der Waals surface area contributed by atoms with E-state index in [9.17, 15) is 16.8 Å². The Labute approximate surface area is 136 Å². The number of hydrogen-bond acceptors (Lipinski definition) is 5. The van der Waals surface area contributed by atoms with Crippen LogP contribution in [0.5, 0.6) is 0 Å². The van der Waals surface area contributed by atoms with Crippen LogP contribution in [0.1, 0.15) is 5.69 Å². The van der Waals surface area contributed by atoms with Crippen molar-refractivity contribution in [1.29, 1.82) is 0 Å². The lowest BCUT2D eigenvalue weighted by molar-refractivity contribution is 0.471. The van der Waals surface area contributed by atoms with Gasteiger partial charge in [-0.2, -0.15) is 0 Å². The fourth-order valence-electron chi connectivity index (χ4n) is 1.98. The third-order valence-electron chi connectivity index (χ3n) is 3.37. The van der Waals surface area contributed by atoms with Crippen LogP contribution in [-0.2, 0) is 26.3 Å². The number of nitrogens with zero attached hydrogens (tertiary/aromatic N) is 2. The van der Waals surface area contributed by atoms with Crippen LogP contribution in [0.3, 0.4) is 0 Å². The Hall–Kier alpha value is -1.77. The molecule has 2 aromatic rings. The first-order chi connectivity index (χ1) is 10.7. The Morgan fingerprint density at radius 3 is 2.09 bits per heavy atom. The minimum Gasteiger partial charge on any atom is -0.261 e. The number of pyridine rings is 1. The molecule has 1 aromatic heterocycles. The van der Waals surface area contributed by atoms with Gasteiger partial charge in [0.15, 0.2) is 9.84 Å². The molecule has 0 fully saturated rings. The first-order valence-corrected chi connectivity index (χ1v) is 10.2. The maximum atomic E-state index is 12.5. The molecule has 1 heterocycles. The van der Waals surface area contributed by atoms with Gasteiger partial charge in [-0.15, -0.1) is 0 Å². The van der Waals surface area contributed by atoms with Crippen LogP contribution in [0, 0.1) is 0 Å². The van der Waals surface area contributed by atoms with Gasteiger partial charge in [0.1, 0.15) is 0 Å². The second-order valence-electron chi connectivity index (χ2n) is 5.14. The predicted molar refractivity (Wildman–Crippen MR) is 87.3 cm³/mol. The first-order valence-electron chi connectivity index (χ1n) is 6.87. The Morgan fingerprint density at radius 2 is 1.57 bits per heavy atom. The molecule has 23 heavy (non-hydrogen) atoms. The molecule has 0 radical (unpaired) electrons. The molecule has 0 N–H and O–H groups in total. The molecule has 2 rings (SSSR count). The smallest absolute Gasteiger partial charge is 0.242 e. The van der Waals surface area contributed by atoms with Crippen LogP contribution in [0.2, 0.25) is 0 Å². The zero-order valence-corrected chi connectivity index (χ0v) is 14.5. The maximum absolute atomic E-state index is 12.5. The van der Waals surface area contributed by atoms with Gasteiger partial charge in [0.2, 0.25) is 10.0 Å². The van der Waals surface area contributed by atoms with Gasteiger partial charge in [-0.25, -0.2) is 21.1 Å². The van der Waals surface area contributed by atoms with Gasteiger partial charge in [-0.05, 0) is 36.4 Å². The van der Waals surface area contributed by atoms with Crippen LogP contribution >= 0.6 is 0 Å². The van der Waals surface area contributed by atoms with Crippen molar-refractivity contribution in [2.45, 2.75) is 16.2 Å². The molecule has 0 spiro atoms. The molecule has 0 atom stereocenters. The molecule has 0 aliphatic heterocycles. The summed E-state index contributed by atoms with van der Waals surface area (Å²) < 4.78 is 49.0. The van der Waals surface area contributed by atoms with Crippen LogP contribution in [-0.4, -0.2) is 46.0 Å². The van der Waals surface area contributed by atoms with E-state index in [-0.39, 0.29) is 16.3 Å². The van der Waals surface area contributed by atoms with E-state index in [4.69, 9.17) is 0 Å². The normalized spacial score (nSPS) is 12.5. The van der Waals surface area contributed by atoms with Gasteiger partial charge >= 0.3 is 0 Å². The van der Waals surface area contributed by atoms with E-state index < -0.39 is 19.9 Å². The highest BCUT2D eigenvalue weighted by Gasteiger charge is 2.21. The van der Waals surface area contributed by atoms with Gasteiger partial charge in [0.05, 0.1) is 9.79 Å². The van der Waals surface area contributed by atoms with E-state index >= 15 is 0 Å².